The largest absolute Gasteiger partial charge is 0.462 e. The van der Waals surface area contributed by atoms with Crippen LogP contribution in [0.5, 0.6) is 0 Å². The Kier molecular flexibility index (Phi) is 63.3. The summed E-state index contributed by atoms with van der Waals surface area (Å²) in [5.41, 5.74) is 0. The molecule has 0 aromatic carbocycles. The molecule has 0 aliphatic carbocycles. The lowest BCUT2D eigenvalue weighted by Crippen LogP contribution is -2.30. The highest BCUT2D eigenvalue weighted by Gasteiger charge is 2.19. The maximum atomic E-state index is 12.9. The van der Waals surface area contributed by atoms with Gasteiger partial charge in [0.05, 0.1) is 0 Å². The summed E-state index contributed by atoms with van der Waals surface area (Å²) in [5, 5.41) is 0. The molecular formula is C74H122O6. The molecule has 0 aliphatic heterocycles. The van der Waals surface area contributed by atoms with E-state index >= 15 is 0 Å². The maximum absolute atomic E-state index is 12.9. The van der Waals surface area contributed by atoms with E-state index in [9.17, 15) is 14.4 Å². The number of carbonyl (C=O) groups is 3. The summed E-state index contributed by atoms with van der Waals surface area (Å²) in [6, 6.07) is 0. The van der Waals surface area contributed by atoms with Crippen molar-refractivity contribution in [3.8, 4) is 0 Å². The smallest absolute Gasteiger partial charge is 0.306 e. The Morgan fingerprint density at radius 2 is 0.487 bits per heavy atom. The van der Waals surface area contributed by atoms with Gasteiger partial charge >= 0.3 is 17.9 Å². The predicted octanol–water partition coefficient (Wildman–Crippen LogP) is 22.9. The van der Waals surface area contributed by atoms with Crippen LogP contribution in [0.25, 0.3) is 0 Å². The molecule has 0 rings (SSSR count). The van der Waals surface area contributed by atoms with Gasteiger partial charge in [-0.2, -0.15) is 0 Å². The molecule has 1 atom stereocenters. The molecule has 0 N–H and O–H groups in total. The first-order chi connectivity index (χ1) is 39.5. The van der Waals surface area contributed by atoms with Crippen molar-refractivity contribution in [2.24, 2.45) is 0 Å². The summed E-state index contributed by atoms with van der Waals surface area (Å²) in [7, 11) is 0. The zero-order chi connectivity index (χ0) is 57.8. The number of hydrogen-bond donors (Lipinski definition) is 0. The van der Waals surface area contributed by atoms with E-state index in [-0.39, 0.29) is 31.1 Å². The first-order valence-electron chi connectivity index (χ1n) is 33.2. The molecule has 0 saturated carbocycles. The standard InChI is InChI=1S/C74H122O6/c1-4-7-10-13-16-19-22-25-27-29-31-33-34-35-36-37-38-39-40-42-43-45-47-49-52-55-58-61-64-67-73(76)79-70-71(69-78-72(75)66-63-60-57-54-51-24-21-18-15-12-9-6-3)80-74(77)68-65-62-59-56-53-50-48-46-44-41-32-30-28-26-23-20-17-14-11-8-5-2/h7-8,10-11,16-17,19-20,25-28,31-33,35-36,38-39,41-43,71H,4-6,9,12-15,18,21-24,29-30,34,37,40,44-70H2,1-3H3/b10-7-,11-8-,19-16-,20-17-,27-25-,28-26-,33-31-,36-35-,39-38-,41-32-,43-42-. The maximum Gasteiger partial charge on any atom is 0.306 e. The van der Waals surface area contributed by atoms with Crippen molar-refractivity contribution in [2.45, 2.75) is 303 Å². The van der Waals surface area contributed by atoms with Crippen LogP contribution in [0, 0.1) is 0 Å². The van der Waals surface area contributed by atoms with Crippen molar-refractivity contribution in [3.63, 3.8) is 0 Å². The monoisotopic (exact) mass is 1110 g/mol. The Hall–Kier alpha value is -4.45. The minimum atomic E-state index is -0.791. The van der Waals surface area contributed by atoms with E-state index in [0.29, 0.717) is 19.3 Å². The molecule has 0 fully saturated rings. The molecule has 80 heavy (non-hydrogen) atoms. The Bertz CT molecular complexity index is 1700. The number of rotatable bonds is 59. The number of esters is 3. The van der Waals surface area contributed by atoms with Crippen LogP contribution in [0.3, 0.4) is 0 Å². The SMILES string of the molecule is CC/C=C\C/C=C\C/C=C\C/C=C\C/C=C\C/C=C\C/C=C\CCCCCCCCCC(=O)OCC(COC(=O)CCCCCCCCCCCCCC)OC(=O)CCCCCCCCCC/C=C\C/C=C\C/C=C\C/C=C\CC. The van der Waals surface area contributed by atoms with E-state index in [1.54, 1.807) is 0 Å². The van der Waals surface area contributed by atoms with Crippen molar-refractivity contribution < 1.29 is 28.6 Å². The second-order valence-corrected chi connectivity index (χ2v) is 21.6. The van der Waals surface area contributed by atoms with Crippen LogP contribution in [0.1, 0.15) is 297 Å². The van der Waals surface area contributed by atoms with Crippen molar-refractivity contribution >= 4 is 17.9 Å². The molecule has 0 saturated heterocycles. The highest BCUT2D eigenvalue weighted by atomic mass is 16.6. The Morgan fingerprint density at radius 3 is 0.762 bits per heavy atom. The molecule has 0 spiro atoms. The summed E-state index contributed by atoms with van der Waals surface area (Å²) in [5.74, 6) is -0.900. The van der Waals surface area contributed by atoms with E-state index in [4.69, 9.17) is 14.2 Å². The molecule has 0 bridgehead atoms. The molecule has 6 heteroatoms. The normalized spacial score (nSPS) is 13.0. The van der Waals surface area contributed by atoms with Gasteiger partial charge in [0.25, 0.3) is 0 Å². The average Bonchev–Trinajstić information content (AvgIpc) is 3.46. The van der Waals surface area contributed by atoms with Gasteiger partial charge in [0.15, 0.2) is 6.10 Å². The lowest BCUT2D eigenvalue weighted by molar-refractivity contribution is -0.167. The topological polar surface area (TPSA) is 78.9 Å². The summed E-state index contributed by atoms with van der Waals surface area (Å²) >= 11 is 0. The lowest BCUT2D eigenvalue weighted by atomic mass is 10.0. The number of allylic oxidation sites excluding steroid dienone is 22. The fourth-order valence-electron chi connectivity index (χ4n) is 9.00. The molecule has 454 valence electrons. The fraction of sp³-hybridized carbons (Fsp3) is 0.662. The summed E-state index contributed by atoms with van der Waals surface area (Å²) in [6.07, 6.45) is 94.6. The Balaban J connectivity index is 4.34. The van der Waals surface area contributed by atoms with Crippen molar-refractivity contribution in [1.29, 1.82) is 0 Å². The number of carbonyl (C=O) groups excluding carboxylic acids is 3. The fourth-order valence-corrected chi connectivity index (χ4v) is 9.00. The number of ether oxygens (including phenoxy) is 3. The van der Waals surface area contributed by atoms with Gasteiger partial charge in [-0.15, -0.1) is 0 Å². The van der Waals surface area contributed by atoms with Crippen LogP contribution >= 0.6 is 0 Å². The molecular weight excluding hydrogens is 985 g/mol. The first kappa shape index (κ1) is 75.5. The summed E-state index contributed by atoms with van der Waals surface area (Å²) in [4.78, 5) is 38.3. The Morgan fingerprint density at radius 1 is 0.263 bits per heavy atom. The number of hydrogen-bond acceptors (Lipinski definition) is 6. The van der Waals surface area contributed by atoms with Crippen LogP contribution in [0.2, 0.25) is 0 Å². The molecule has 0 aliphatic rings. The Labute approximate surface area is 494 Å². The predicted molar refractivity (Wildman–Crippen MR) is 348 cm³/mol. The molecule has 0 radical (unpaired) electrons. The molecule has 6 nitrogen and oxygen atoms in total. The molecule has 1 unspecified atom stereocenters. The average molecular weight is 1110 g/mol. The first-order valence-corrected chi connectivity index (χ1v) is 33.2. The van der Waals surface area contributed by atoms with E-state index in [2.05, 4.69) is 154 Å². The lowest BCUT2D eigenvalue weighted by Gasteiger charge is -2.18. The second kappa shape index (κ2) is 67.1. The molecule has 0 amide bonds. The zero-order valence-corrected chi connectivity index (χ0v) is 52.0. The molecule has 0 aromatic rings. The van der Waals surface area contributed by atoms with Gasteiger partial charge in [0, 0.05) is 19.3 Å². The van der Waals surface area contributed by atoms with Gasteiger partial charge in [-0.3, -0.25) is 14.4 Å². The number of unbranched alkanes of at least 4 members (excludes halogenated alkanes) is 26. The van der Waals surface area contributed by atoms with Gasteiger partial charge < -0.3 is 14.2 Å². The van der Waals surface area contributed by atoms with Crippen molar-refractivity contribution in [1.82, 2.24) is 0 Å². The van der Waals surface area contributed by atoms with E-state index < -0.39 is 6.10 Å². The molecule has 0 aromatic heterocycles. The quantitative estimate of drug-likeness (QED) is 0.0261. The highest BCUT2D eigenvalue weighted by Crippen LogP contribution is 2.16. The minimum Gasteiger partial charge on any atom is -0.462 e. The summed E-state index contributed by atoms with van der Waals surface area (Å²) in [6.45, 7) is 6.41. The van der Waals surface area contributed by atoms with Crippen LogP contribution < -0.4 is 0 Å². The van der Waals surface area contributed by atoms with Gasteiger partial charge in [0.1, 0.15) is 13.2 Å². The van der Waals surface area contributed by atoms with E-state index in [0.717, 1.165) is 141 Å². The highest BCUT2D eigenvalue weighted by molar-refractivity contribution is 5.71. The van der Waals surface area contributed by atoms with E-state index in [1.807, 2.05) is 0 Å². The van der Waals surface area contributed by atoms with Crippen LogP contribution in [0.15, 0.2) is 134 Å². The minimum absolute atomic E-state index is 0.0857. The van der Waals surface area contributed by atoms with Crippen molar-refractivity contribution in [3.05, 3.63) is 134 Å². The van der Waals surface area contributed by atoms with Crippen molar-refractivity contribution in [2.75, 3.05) is 13.2 Å². The third-order valence-corrected chi connectivity index (χ3v) is 13.9. The van der Waals surface area contributed by atoms with Crippen LogP contribution in [0.4, 0.5) is 0 Å². The second-order valence-electron chi connectivity index (χ2n) is 21.6. The van der Waals surface area contributed by atoms with Gasteiger partial charge in [-0.05, 0) is 116 Å². The van der Waals surface area contributed by atoms with Gasteiger partial charge in [-0.1, -0.05) is 296 Å². The van der Waals surface area contributed by atoms with E-state index in [1.165, 1.54) is 116 Å². The summed E-state index contributed by atoms with van der Waals surface area (Å²) < 4.78 is 16.9. The van der Waals surface area contributed by atoms with Gasteiger partial charge in [-0.25, -0.2) is 0 Å². The third-order valence-electron chi connectivity index (χ3n) is 13.9. The zero-order valence-electron chi connectivity index (χ0n) is 52.0. The van der Waals surface area contributed by atoms with Crippen LogP contribution in [-0.4, -0.2) is 37.2 Å². The van der Waals surface area contributed by atoms with Crippen LogP contribution in [-0.2, 0) is 28.6 Å². The third kappa shape index (κ3) is 64.4. The molecule has 0 heterocycles. The van der Waals surface area contributed by atoms with Gasteiger partial charge in [0.2, 0.25) is 0 Å².